The Morgan fingerprint density at radius 1 is 1.40 bits per heavy atom. The third-order valence-corrected chi connectivity index (χ3v) is 2.44. The third kappa shape index (κ3) is 1.83. The van der Waals surface area contributed by atoms with Crippen molar-refractivity contribution in [1.29, 1.82) is 0 Å². The van der Waals surface area contributed by atoms with Crippen LogP contribution in [0.25, 0.3) is 0 Å². The first-order valence-corrected chi connectivity index (χ1v) is 4.57. The van der Waals surface area contributed by atoms with Crippen molar-refractivity contribution in [3.05, 3.63) is 29.8 Å². The third-order valence-electron chi connectivity index (χ3n) is 2.44. The van der Waals surface area contributed by atoms with Gasteiger partial charge in [0.2, 0.25) is 5.91 Å². The Balaban J connectivity index is 2.17. The number of anilines is 1. The lowest BCUT2D eigenvalue weighted by molar-refractivity contribution is -0.118. The summed E-state index contributed by atoms with van der Waals surface area (Å²) in [4.78, 5) is 11.4. The van der Waals surface area contributed by atoms with Crippen molar-refractivity contribution in [2.45, 2.75) is 18.4 Å². The van der Waals surface area contributed by atoms with E-state index in [-0.39, 0.29) is 5.69 Å². The molecule has 0 saturated heterocycles. The molecule has 15 heavy (non-hydrogen) atoms. The molecule has 1 aliphatic carbocycles. The van der Waals surface area contributed by atoms with Crippen LogP contribution in [0.15, 0.2) is 18.2 Å². The van der Waals surface area contributed by atoms with Gasteiger partial charge < -0.3 is 11.1 Å². The average Bonchev–Trinajstić information content (AvgIpc) is 2.93. The number of halogens is 2. The number of nitrogens with one attached hydrogen (secondary N) is 1. The van der Waals surface area contributed by atoms with Crippen LogP contribution in [-0.4, -0.2) is 11.4 Å². The quantitative estimate of drug-likeness (QED) is 0.778. The molecule has 2 rings (SSSR count). The predicted octanol–water partition coefficient (Wildman–Crippen LogP) is 1.39. The lowest BCUT2D eigenvalue weighted by Crippen LogP contribution is -2.38. The molecule has 0 radical (unpaired) electrons. The first-order valence-electron chi connectivity index (χ1n) is 4.57. The van der Waals surface area contributed by atoms with Gasteiger partial charge in [-0.25, -0.2) is 8.78 Å². The number of nitrogens with two attached hydrogens (primary N) is 1. The summed E-state index contributed by atoms with van der Waals surface area (Å²) in [5, 5.41) is 2.27. The van der Waals surface area contributed by atoms with Crippen LogP contribution in [0.3, 0.4) is 0 Å². The number of carbonyl (C=O) groups excluding carboxylic acids is 1. The summed E-state index contributed by atoms with van der Waals surface area (Å²) >= 11 is 0. The van der Waals surface area contributed by atoms with Crippen LogP contribution in [0, 0.1) is 11.6 Å². The maximum Gasteiger partial charge on any atom is 0.244 e. The van der Waals surface area contributed by atoms with Crippen LogP contribution in [0.5, 0.6) is 0 Å². The average molecular weight is 212 g/mol. The van der Waals surface area contributed by atoms with Gasteiger partial charge in [0.05, 0.1) is 11.2 Å². The second kappa shape index (κ2) is 3.27. The number of hydrogen-bond acceptors (Lipinski definition) is 2. The Hall–Kier alpha value is -1.49. The fraction of sp³-hybridized carbons (Fsp3) is 0.300. The van der Waals surface area contributed by atoms with Gasteiger partial charge in [0.25, 0.3) is 0 Å². The summed E-state index contributed by atoms with van der Waals surface area (Å²) in [5.74, 6) is -2.52. The van der Waals surface area contributed by atoms with Gasteiger partial charge >= 0.3 is 0 Å². The molecule has 0 unspecified atom stereocenters. The molecule has 0 aliphatic heterocycles. The SMILES string of the molecule is NC1(C(=O)Nc2cccc(F)c2F)CC1. The van der Waals surface area contributed by atoms with E-state index in [9.17, 15) is 13.6 Å². The van der Waals surface area contributed by atoms with Crippen molar-refractivity contribution < 1.29 is 13.6 Å². The van der Waals surface area contributed by atoms with Gasteiger partial charge in [0.15, 0.2) is 11.6 Å². The fourth-order valence-corrected chi connectivity index (χ4v) is 1.21. The van der Waals surface area contributed by atoms with Gasteiger partial charge in [-0.2, -0.15) is 0 Å². The van der Waals surface area contributed by atoms with E-state index in [2.05, 4.69) is 5.32 Å². The van der Waals surface area contributed by atoms with E-state index >= 15 is 0 Å². The Morgan fingerprint density at radius 2 is 2.07 bits per heavy atom. The molecular weight excluding hydrogens is 202 g/mol. The van der Waals surface area contributed by atoms with Crippen molar-refractivity contribution in [2.24, 2.45) is 5.73 Å². The molecule has 1 amide bonds. The molecule has 3 N–H and O–H groups in total. The summed E-state index contributed by atoms with van der Waals surface area (Å²) in [5.41, 5.74) is 4.54. The summed E-state index contributed by atoms with van der Waals surface area (Å²) in [7, 11) is 0. The Bertz CT molecular complexity index is 416. The summed E-state index contributed by atoms with van der Waals surface area (Å²) in [6.07, 6.45) is 1.16. The minimum Gasteiger partial charge on any atom is -0.322 e. The molecule has 0 bridgehead atoms. The highest BCUT2D eigenvalue weighted by Gasteiger charge is 2.46. The number of hydrogen-bond donors (Lipinski definition) is 2. The highest BCUT2D eigenvalue weighted by atomic mass is 19.2. The van der Waals surface area contributed by atoms with Gasteiger partial charge in [-0.3, -0.25) is 4.79 Å². The molecule has 0 aromatic heterocycles. The second-order valence-corrected chi connectivity index (χ2v) is 3.71. The molecule has 80 valence electrons. The molecule has 1 fully saturated rings. The second-order valence-electron chi connectivity index (χ2n) is 3.71. The van der Waals surface area contributed by atoms with Crippen molar-refractivity contribution >= 4 is 11.6 Å². The molecule has 1 saturated carbocycles. The number of amides is 1. The zero-order valence-electron chi connectivity index (χ0n) is 7.89. The predicted molar refractivity (Wildman–Crippen MR) is 51.1 cm³/mol. The van der Waals surface area contributed by atoms with E-state index in [1.54, 1.807) is 0 Å². The van der Waals surface area contributed by atoms with Crippen molar-refractivity contribution in [1.82, 2.24) is 0 Å². The molecule has 0 spiro atoms. The summed E-state index contributed by atoms with van der Waals surface area (Å²) in [6.45, 7) is 0. The Kier molecular flexibility index (Phi) is 2.19. The maximum atomic E-state index is 13.1. The molecule has 1 aromatic carbocycles. The first-order chi connectivity index (χ1) is 7.03. The van der Waals surface area contributed by atoms with Gasteiger partial charge in [0, 0.05) is 0 Å². The van der Waals surface area contributed by atoms with Crippen molar-refractivity contribution in [3.8, 4) is 0 Å². The lowest BCUT2D eigenvalue weighted by Gasteiger charge is -2.10. The summed E-state index contributed by atoms with van der Waals surface area (Å²) < 4.78 is 25.9. The standard InChI is InChI=1S/C10H10F2N2O/c11-6-2-1-3-7(8(6)12)14-9(15)10(13)4-5-10/h1-3H,4-5,13H2,(H,14,15). The van der Waals surface area contributed by atoms with Crippen LogP contribution >= 0.6 is 0 Å². The van der Waals surface area contributed by atoms with E-state index in [1.165, 1.54) is 12.1 Å². The van der Waals surface area contributed by atoms with Crippen LogP contribution in [0.2, 0.25) is 0 Å². The molecule has 3 nitrogen and oxygen atoms in total. The van der Waals surface area contributed by atoms with Crippen LogP contribution in [-0.2, 0) is 4.79 Å². The fourth-order valence-electron chi connectivity index (χ4n) is 1.21. The Labute approximate surface area is 85.3 Å². The number of carbonyl (C=O) groups is 1. The van der Waals surface area contributed by atoms with Crippen LogP contribution in [0.1, 0.15) is 12.8 Å². The molecular formula is C10H10F2N2O. The highest BCUT2D eigenvalue weighted by Crippen LogP contribution is 2.33. The summed E-state index contributed by atoms with van der Waals surface area (Å²) in [6, 6.07) is 3.60. The normalized spacial score (nSPS) is 17.3. The smallest absolute Gasteiger partial charge is 0.244 e. The molecule has 0 heterocycles. The van der Waals surface area contributed by atoms with Crippen LogP contribution < -0.4 is 11.1 Å². The molecule has 1 aliphatic rings. The number of rotatable bonds is 2. The van der Waals surface area contributed by atoms with E-state index in [0.717, 1.165) is 6.07 Å². The zero-order chi connectivity index (χ0) is 11.1. The first kappa shape index (κ1) is 10.0. The van der Waals surface area contributed by atoms with Crippen molar-refractivity contribution in [2.75, 3.05) is 5.32 Å². The number of benzene rings is 1. The highest BCUT2D eigenvalue weighted by molar-refractivity contribution is 6.00. The van der Waals surface area contributed by atoms with Gasteiger partial charge in [-0.1, -0.05) is 6.07 Å². The topological polar surface area (TPSA) is 55.1 Å². The Morgan fingerprint density at radius 3 is 2.67 bits per heavy atom. The monoisotopic (exact) mass is 212 g/mol. The molecule has 5 heteroatoms. The van der Waals surface area contributed by atoms with E-state index in [1.807, 2.05) is 0 Å². The van der Waals surface area contributed by atoms with E-state index in [0.29, 0.717) is 12.8 Å². The van der Waals surface area contributed by atoms with Gasteiger partial charge in [-0.05, 0) is 25.0 Å². The lowest BCUT2D eigenvalue weighted by atomic mass is 10.2. The van der Waals surface area contributed by atoms with Crippen molar-refractivity contribution in [3.63, 3.8) is 0 Å². The minimum atomic E-state index is -1.06. The minimum absolute atomic E-state index is 0.170. The van der Waals surface area contributed by atoms with Crippen LogP contribution in [0.4, 0.5) is 14.5 Å². The largest absolute Gasteiger partial charge is 0.322 e. The van der Waals surface area contributed by atoms with E-state index < -0.39 is 23.1 Å². The van der Waals surface area contributed by atoms with Gasteiger partial charge in [0.1, 0.15) is 0 Å². The zero-order valence-corrected chi connectivity index (χ0v) is 7.89. The molecule has 0 atom stereocenters. The van der Waals surface area contributed by atoms with Gasteiger partial charge in [-0.15, -0.1) is 0 Å². The van der Waals surface area contributed by atoms with E-state index in [4.69, 9.17) is 5.73 Å². The molecule has 1 aromatic rings. The maximum absolute atomic E-state index is 13.1.